The predicted molar refractivity (Wildman–Crippen MR) is 79.4 cm³/mol. The van der Waals surface area contributed by atoms with Crippen LogP contribution in [0.5, 0.6) is 0 Å². The maximum Gasteiger partial charge on any atom is 0.0615 e. The number of allylic oxidation sites excluding steroid dienone is 2. The minimum absolute atomic E-state index is 0.112. The lowest BCUT2D eigenvalue weighted by Gasteiger charge is -2.03. The van der Waals surface area contributed by atoms with Crippen LogP contribution >= 0.6 is 0 Å². The van der Waals surface area contributed by atoms with Crippen molar-refractivity contribution in [2.75, 3.05) is 6.61 Å². The highest BCUT2D eigenvalue weighted by molar-refractivity contribution is 5.55. The van der Waals surface area contributed by atoms with Gasteiger partial charge in [0.05, 0.1) is 6.61 Å². The van der Waals surface area contributed by atoms with Gasteiger partial charge in [0.25, 0.3) is 0 Å². The third kappa shape index (κ3) is 6.41. The Hall–Kier alpha value is -1.34. The molecule has 1 rings (SSSR count). The summed E-state index contributed by atoms with van der Waals surface area (Å²) in [5.74, 6) is 0. The first-order valence-electron chi connectivity index (χ1n) is 6.90. The normalized spacial score (nSPS) is 12.2. The number of aliphatic hydroxyl groups is 1. The minimum Gasteiger partial charge on any atom is -0.392 e. The first kappa shape index (κ1) is 14.7. The van der Waals surface area contributed by atoms with Crippen LogP contribution in [-0.2, 0) is 0 Å². The zero-order chi connectivity index (χ0) is 13.1. The molecule has 0 saturated heterocycles. The van der Waals surface area contributed by atoms with Gasteiger partial charge in [0.15, 0.2) is 0 Å². The maximum absolute atomic E-state index is 8.88. The first-order chi connectivity index (χ1) is 8.86. The summed E-state index contributed by atoms with van der Waals surface area (Å²) in [6.45, 7) is 2.34. The van der Waals surface area contributed by atoms with Gasteiger partial charge in [0.2, 0.25) is 0 Å². The van der Waals surface area contributed by atoms with Crippen molar-refractivity contribution in [3.8, 4) is 0 Å². The van der Waals surface area contributed by atoms with Crippen molar-refractivity contribution >= 4 is 6.08 Å². The van der Waals surface area contributed by atoms with Crippen LogP contribution in [0.4, 0.5) is 0 Å². The molecule has 0 aliphatic carbocycles. The van der Waals surface area contributed by atoms with Crippen molar-refractivity contribution in [3.05, 3.63) is 53.6 Å². The van der Waals surface area contributed by atoms with Gasteiger partial charge in [-0.3, -0.25) is 0 Å². The molecular weight excluding hydrogens is 220 g/mol. The van der Waals surface area contributed by atoms with E-state index in [4.69, 9.17) is 5.11 Å². The molecule has 0 heterocycles. The zero-order valence-electron chi connectivity index (χ0n) is 11.3. The molecule has 1 aromatic carbocycles. The van der Waals surface area contributed by atoms with Crippen molar-refractivity contribution in [1.29, 1.82) is 0 Å². The number of hydrogen-bond acceptors (Lipinski definition) is 1. The second-order valence-electron chi connectivity index (χ2n) is 4.53. The van der Waals surface area contributed by atoms with Gasteiger partial charge in [-0.2, -0.15) is 0 Å². The highest BCUT2D eigenvalue weighted by Gasteiger charge is 1.95. The Kier molecular flexibility index (Phi) is 7.90. The van der Waals surface area contributed by atoms with Crippen LogP contribution in [0.1, 0.15) is 44.6 Å². The van der Waals surface area contributed by atoms with E-state index in [1.807, 2.05) is 18.2 Å². The quantitative estimate of drug-likeness (QED) is 0.524. The molecule has 0 bridgehead atoms. The molecule has 1 aromatic rings. The maximum atomic E-state index is 8.88. The molecule has 1 N–H and O–H groups in total. The molecule has 0 spiro atoms. The highest BCUT2D eigenvalue weighted by Crippen LogP contribution is 2.15. The predicted octanol–water partition coefficient (Wildman–Crippen LogP) is 4.59. The Morgan fingerprint density at radius 3 is 2.56 bits per heavy atom. The average molecular weight is 244 g/mol. The third-order valence-electron chi connectivity index (χ3n) is 2.91. The van der Waals surface area contributed by atoms with Crippen LogP contribution in [0.2, 0.25) is 0 Å². The Balaban J connectivity index is 2.60. The highest BCUT2D eigenvalue weighted by atomic mass is 16.2. The Labute approximate surface area is 111 Å². The molecule has 18 heavy (non-hydrogen) atoms. The smallest absolute Gasteiger partial charge is 0.0615 e. The van der Waals surface area contributed by atoms with Gasteiger partial charge in [0, 0.05) is 0 Å². The van der Waals surface area contributed by atoms with Crippen LogP contribution in [0.3, 0.4) is 0 Å². The SMILES string of the molecule is CCCCCCC(=Cc1ccccc1)/C=C/CO. The summed E-state index contributed by atoms with van der Waals surface area (Å²) in [5, 5.41) is 8.88. The van der Waals surface area contributed by atoms with Gasteiger partial charge in [-0.05, 0) is 24.0 Å². The number of benzene rings is 1. The van der Waals surface area contributed by atoms with Crippen LogP contribution in [-0.4, -0.2) is 11.7 Å². The number of unbranched alkanes of at least 4 members (excludes halogenated alkanes) is 3. The summed E-state index contributed by atoms with van der Waals surface area (Å²) >= 11 is 0. The number of rotatable bonds is 8. The van der Waals surface area contributed by atoms with E-state index >= 15 is 0 Å². The molecule has 0 unspecified atom stereocenters. The lowest BCUT2D eigenvalue weighted by Crippen LogP contribution is -1.84. The third-order valence-corrected chi connectivity index (χ3v) is 2.91. The molecule has 1 nitrogen and oxygen atoms in total. The van der Waals surface area contributed by atoms with Crippen molar-refractivity contribution in [2.45, 2.75) is 39.0 Å². The van der Waals surface area contributed by atoms with Crippen molar-refractivity contribution < 1.29 is 5.11 Å². The largest absolute Gasteiger partial charge is 0.392 e. The summed E-state index contributed by atoms with van der Waals surface area (Å²) in [6, 6.07) is 10.4. The fraction of sp³-hybridized carbons (Fsp3) is 0.412. The summed E-state index contributed by atoms with van der Waals surface area (Å²) in [5.41, 5.74) is 2.52. The zero-order valence-corrected chi connectivity index (χ0v) is 11.3. The molecule has 1 heteroatoms. The van der Waals surface area contributed by atoms with E-state index in [2.05, 4.69) is 37.3 Å². The minimum atomic E-state index is 0.112. The van der Waals surface area contributed by atoms with E-state index in [0.29, 0.717) is 0 Å². The molecule has 0 saturated carbocycles. The van der Waals surface area contributed by atoms with Crippen molar-refractivity contribution in [2.24, 2.45) is 0 Å². The number of aliphatic hydroxyl groups excluding tert-OH is 1. The standard InChI is InChI=1S/C17H24O/c1-2-3-4-6-10-17(13-9-14-18)15-16-11-7-5-8-12-16/h5,7-9,11-13,15,18H,2-4,6,10,14H2,1H3/b13-9+,17-15?. The summed E-state index contributed by atoms with van der Waals surface area (Å²) in [4.78, 5) is 0. The Morgan fingerprint density at radius 1 is 1.11 bits per heavy atom. The molecule has 0 aliphatic heterocycles. The van der Waals surface area contributed by atoms with E-state index in [1.54, 1.807) is 0 Å². The van der Waals surface area contributed by atoms with Gasteiger partial charge in [0.1, 0.15) is 0 Å². The van der Waals surface area contributed by atoms with E-state index in [9.17, 15) is 0 Å². The van der Waals surface area contributed by atoms with Crippen molar-refractivity contribution in [1.82, 2.24) is 0 Å². The Morgan fingerprint density at radius 2 is 1.89 bits per heavy atom. The molecule has 0 atom stereocenters. The molecule has 0 aromatic heterocycles. The first-order valence-corrected chi connectivity index (χ1v) is 6.90. The molecular formula is C17H24O. The second kappa shape index (κ2) is 9.67. The average Bonchev–Trinajstić information content (AvgIpc) is 2.41. The van der Waals surface area contributed by atoms with Crippen LogP contribution < -0.4 is 0 Å². The fourth-order valence-corrected chi connectivity index (χ4v) is 1.93. The molecule has 0 fully saturated rings. The van der Waals surface area contributed by atoms with Crippen molar-refractivity contribution in [3.63, 3.8) is 0 Å². The molecule has 0 aliphatic rings. The van der Waals surface area contributed by atoms with E-state index in [0.717, 1.165) is 6.42 Å². The molecule has 0 amide bonds. The van der Waals surface area contributed by atoms with Crippen LogP contribution in [0, 0.1) is 0 Å². The van der Waals surface area contributed by atoms with E-state index in [-0.39, 0.29) is 6.61 Å². The topological polar surface area (TPSA) is 20.2 Å². The van der Waals surface area contributed by atoms with Gasteiger partial charge < -0.3 is 5.11 Å². The summed E-state index contributed by atoms with van der Waals surface area (Å²) < 4.78 is 0. The Bertz CT molecular complexity index is 362. The lowest BCUT2D eigenvalue weighted by atomic mass is 10.0. The molecule has 0 radical (unpaired) electrons. The van der Waals surface area contributed by atoms with Gasteiger partial charge in [-0.15, -0.1) is 0 Å². The van der Waals surface area contributed by atoms with Crippen LogP contribution in [0.15, 0.2) is 48.1 Å². The van der Waals surface area contributed by atoms with Gasteiger partial charge in [-0.1, -0.05) is 74.7 Å². The van der Waals surface area contributed by atoms with Crippen LogP contribution in [0.25, 0.3) is 6.08 Å². The van der Waals surface area contributed by atoms with Gasteiger partial charge in [-0.25, -0.2) is 0 Å². The van der Waals surface area contributed by atoms with E-state index in [1.165, 1.54) is 36.8 Å². The monoisotopic (exact) mass is 244 g/mol. The summed E-state index contributed by atoms with van der Waals surface area (Å²) in [7, 11) is 0. The molecule has 98 valence electrons. The second-order valence-corrected chi connectivity index (χ2v) is 4.53. The number of hydrogen-bond donors (Lipinski definition) is 1. The summed E-state index contributed by atoms with van der Waals surface area (Å²) in [6.07, 6.45) is 12.2. The lowest BCUT2D eigenvalue weighted by molar-refractivity contribution is 0.342. The fourth-order valence-electron chi connectivity index (χ4n) is 1.93. The van der Waals surface area contributed by atoms with E-state index < -0.39 is 0 Å². The van der Waals surface area contributed by atoms with Gasteiger partial charge >= 0.3 is 0 Å².